The maximum atomic E-state index is 13.2. The summed E-state index contributed by atoms with van der Waals surface area (Å²) in [6.45, 7) is -0.446. The number of hydrogen-bond acceptors (Lipinski definition) is 5. The molecule has 0 N–H and O–H groups in total. The second-order valence-electron chi connectivity index (χ2n) is 5.95. The lowest BCUT2D eigenvalue weighted by molar-refractivity contribution is -0.289. The third kappa shape index (κ3) is 3.88. The molecular weight excluding hydrogens is 421 g/mol. The van der Waals surface area contributed by atoms with Crippen LogP contribution in [0.5, 0.6) is 5.75 Å². The Balaban J connectivity index is 2.05. The van der Waals surface area contributed by atoms with Crippen molar-refractivity contribution < 1.29 is 35.1 Å². The molecule has 3 rings (SSSR count). The minimum Gasteiger partial charge on any atom is -0.485 e. The third-order valence-electron chi connectivity index (χ3n) is 4.05. The number of fused-ring (bicyclic) bond motifs is 1. The molecule has 0 atom stereocenters. The zero-order valence-electron chi connectivity index (χ0n) is 14.8. The fourth-order valence-electron chi connectivity index (χ4n) is 2.51. The number of ether oxygens (including phenoxy) is 1. The summed E-state index contributed by atoms with van der Waals surface area (Å²) in [5.74, 6) is -5.42. The number of aromatic nitrogens is 3. The quantitative estimate of drug-likeness (QED) is 0.552. The van der Waals surface area contributed by atoms with Crippen LogP contribution < -0.4 is 4.74 Å². The van der Waals surface area contributed by atoms with Crippen LogP contribution in [0.2, 0.25) is 0 Å². The topological polar surface area (TPSA) is 73.6 Å². The van der Waals surface area contributed by atoms with Crippen LogP contribution in [-0.4, -0.2) is 47.2 Å². The Kier molecular flexibility index (Phi) is 5.24. The lowest BCUT2D eigenvalue weighted by Crippen LogP contribution is -2.41. The average Bonchev–Trinajstić information content (AvgIpc) is 3.10. The predicted molar refractivity (Wildman–Crippen MR) is 92.6 cm³/mol. The Morgan fingerprint density at radius 3 is 2.48 bits per heavy atom. The second-order valence-corrected chi connectivity index (χ2v) is 8.20. The molecule has 12 heteroatoms. The first-order valence-electron chi connectivity index (χ1n) is 8.19. The molecule has 0 aromatic carbocycles. The number of imidazole rings is 1. The van der Waals surface area contributed by atoms with Crippen LogP contribution in [0, 0.1) is 0 Å². The van der Waals surface area contributed by atoms with Gasteiger partial charge in [0.15, 0.2) is 22.3 Å². The highest BCUT2D eigenvalue weighted by atomic mass is 32.2. The van der Waals surface area contributed by atoms with Gasteiger partial charge in [0.1, 0.15) is 17.0 Å². The molecule has 0 aliphatic heterocycles. The van der Waals surface area contributed by atoms with Crippen LogP contribution in [0.3, 0.4) is 0 Å². The summed E-state index contributed by atoms with van der Waals surface area (Å²) in [5.41, 5.74) is 0.0955. The molecule has 0 fully saturated rings. The Bertz CT molecular complexity index is 1140. The number of hydrogen-bond donors (Lipinski definition) is 0. The van der Waals surface area contributed by atoms with E-state index in [-0.39, 0.29) is 33.4 Å². The third-order valence-corrected chi connectivity index (χ3v) is 5.81. The summed E-state index contributed by atoms with van der Waals surface area (Å²) in [4.78, 5) is 8.06. The molecule has 0 aliphatic rings. The van der Waals surface area contributed by atoms with Gasteiger partial charge in [-0.1, -0.05) is 6.92 Å². The van der Waals surface area contributed by atoms with E-state index in [2.05, 4.69) is 9.97 Å². The average molecular weight is 435 g/mol. The van der Waals surface area contributed by atoms with E-state index in [4.69, 9.17) is 4.74 Å². The van der Waals surface area contributed by atoms with Crippen molar-refractivity contribution in [2.24, 2.45) is 0 Å². The van der Waals surface area contributed by atoms with Gasteiger partial charge in [-0.15, -0.1) is 0 Å². The van der Waals surface area contributed by atoms with Gasteiger partial charge in [-0.05, 0) is 24.3 Å². The van der Waals surface area contributed by atoms with Crippen molar-refractivity contribution in [1.82, 2.24) is 14.4 Å². The van der Waals surface area contributed by atoms with Crippen molar-refractivity contribution in [1.29, 1.82) is 0 Å². The minimum atomic E-state index is -5.75. The summed E-state index contributed by atoms with van der Waals surface area (Å²) in [5, 5.41) is 0. The largest absolute Gasteiger partial charge is 0.485 e. The molecule has 6 nitrogen and oxygen atoms in total. The molecule has 0 unspecified atom stereocenters. The van der Waals surface area contributed by atoms with Crippen molar-refractivity contribution in [3.8, 4) is 17.3 Å². The van der Waals surface area contributed by atoms with Crippen LogP contribution in [-0.2, 0) is 9.84 Å². The summed E-state index contributed by atoms with van der Waals surface area (Å²) in [6, 6.07) is 5.34. The Hall–Kier alpha value is -2.76. The number of alkyl halides is 5. The first-order chi connectivity index (χ1) is 13.5. The molecule has 3 aromatic heterocycles. The number of rotatable bonds is 6. The fraction of sp³-hybridized carbons (Fsp3) is 0.294. The summed E-state index contributed by atoms with van der Waals surface area (Å²) < 4.78 is 94.1. The Morgan fingerprint density at radius 2 is 1.83 bits per heavy atom. The van der Waals surface area contributed by atoms with Crippen molar-refractivity contribution >= 4 is 15.4 Å². The molecular formula is C17H14F5N3O3S. The van der Waals surface area contributed by atoms with Gasteiger partial charge in [0.25, 0.3) is 0 Å². The molecule has 0 radical (unpaired) electrons. The van der Waals surface area contributed by atoms with Crippen LogP contribution in [0.25, 0.3) is 17.0 Å². The summed E-state index contributed by atoms with van der Waals surface area (Å²) in [7, 11) is -3.65. The Morgan fingerprint density at radius 1 is 1.10 bits per heavy atom. The highest BCUT2D eigenvalue weighted by molar-refractivity contribution is 7.91. The van der Waals surface area contributed by atoms with Crippen molar-refractivity contribution in [2.45, 2.75) is 23.9 Å². The molecule has 0 aliphatic carbocycles. The predicted octanol–water partition coefficient (Wildman–Crippen LogP) is 3.77. The van der Waals surface area contributed by atoms with E-state index >= 15 is 0 Å². The molecule has 156 valence electrons. The number of sulfone groups is 1. The smallest absolute Gasteiger partial charge is 0.456 e. The van der Waals surface area contributed by atoms with E-state index in [9.17, 15) is 30.4 Å². The van der Waals surface area contributed by atoms with Crippen LogP contribution in [0.1, 0.15) is 6.92 Å². The maximum absolute atomic E-state index is 13.2. The molecule has 3 aromatic rings. The van der Waals surface area contributed by atoms with Gasteiger partial charge in [0.05, 0.1) is 16.8 Å². The highest BCUT2D eigenvalue weighted by Crippen LogP contribution is 2.36. The summed E-state index contributed by atoms with van der Waals surface area (Å²) >= 11 is 0. The van der Waals surface area contributed by atoms with E-state index in [0.717, 1.165) is 0 Å². The lowest BCUT2D eigenvalue weighted by atomic mass is 10.3. The minimum absolute atomic E-state index is 0.0205. The molecule has 0 spiro atoms. The molecule has 29 heavy (non-hydrogen) atoms. The lowest BCUT2D eigenvalue weighted by Gasteiger charge is -2.20. The first-order valence-corrected chi connectivity index (χ1v) is 9.85. The van der Waals surface area contributed by atoms with Gasteiger partial charge in [0.2, 0.25) is 0 Å². The van der Waals surface area contributed by atoms with Gasteiger partial charge in [-0.25, -0.2) is 13.4 Å². The zero-order chi connectivity index (χ0) is 21.4. The van der Waals surface area contributed by atoms with E-state index < -0.39 is 28.5 Å². The van der Waals surface area contributed by atoms with Crippen LogP contribution >= 0.6 is 0 Å². The number of pyridine rings is 2. The molecule has 3 heterocycles. The number of halogens is 5. The van der Waals surface area contributed by atoms with Crippen molar-refractivity contribution in [3.63, 3.8) is 0 Å². The standard InChI is InChI=1S/C17H14F5N3O3S/c1-2-29(26,27)13-6-3-7-23-14(13)15-24-9-11-12(5-4-8-25(11)15)28-10-16(18,19)17(20,21)22/h3-9H,2,10H2,1H3. The monoisotopic (exact) mass is 435 g/mol. The SMILES string of the molecule is CCS(=O)(=O)c1cccnc1-c1ncc2c(OCC(F)(F)C(F)(F)F)cccn12. The second kappa shape index (κ2) is 7.25. The van der Waals surface area contributed by atoms with E-state index in [1.807, 2.05) is 0 Å². The first kappa shape index (κ1) is 21.0. The maximum Gasteiger partial charge on any atom is 0.456 e. The summed E-state index contributed by atoms with van der Waals surface area (Å²) in [6.07, 6.45) is -1.78. The van der Waals surface area contributed by atoms with Gasteiger partial charge in [0, 0.05) is 12.4 Å². The Labute approximate surface area is 161 Å². The molecule has 0 amide bonds. The van der Waals surface area contributed by atoms with E-state index in [1.54, 1.807) is 0 Å². The normalized spacial score (nSPS) is 13.0. The van der Waals surface area contributed by atoms with Gasteiger partial charge >= 0.3 is 12.1 Å². The van der Waals surface area contributed by atoms with Crippen LogP contribution in [0.4, 0.5) is 22.0 Å². The fourth-order valence-corrected chi connectivity index (χ4v) is 3.54. The molecule has 0 saturated carbocycles. The molecule has 0 saturated heterocycles. The van der Waals surface area contributed by atoms with Crippen LogP contribution in [0.15, 0.2) is 47.8 Å². The van der Waals surface area contributed by atoms with Gasteiger partial charge in [-0.2, -0.15) is 22.0 Å². The van der Waals surface area contributed by atoms with Crippen molar-refractivity contribution in [3.05, 3.63) is 42.9 Å². The molecule has 0 bridgehead atoms. The number of nitrogens with zero attached hydrogens (tertiary/aromatic N) is 3. The van der Waals surface area contributed by atoms with Gasteiger partial charge in [-0.3, -0.25) is 9.38 Å². The van der Waals surface area contributed by atoms with E-state index in [1.165, 1.54) is 54.2 Å². The highest BCUT2D eigenvalue weighted by Gasteiger charge is 2.58. The van der Waals surface area contributed by atoms with Gasteiger partial charge < -0.3 is 4.74 Å². The zero-order valence-corrected chi connectivity index (χ0v) is 15.6. The van der Waals surface area contributed by atoms with Crippen molar-refractivity contribution in [2.75, 3.05) is 12.4 Å². The van der Waals surface area contributed by atoms with E-state index in [0.29, 0.717) is 0 Å².